The molecule has 1 N–H and O–H groups in total. The lowest BCUT2D eigenvalue weighted by molar-refractivity contribution is 0.0979. The van der Waals surface area contributed by atoms with Crippen LogP contribution in [0.3, 0.4) is 0 Å². The summed E-state index contributed by atoms with van der Waals surface area (Å²) in [5.41, 5.74) is 0.909. The number of carbonyl (C=O) groups excluding carboxylic acids is 1. The van der Waals surface area contributed by atoms with Crippen molar-refractivity contribution in [3.63, 3.8) is 0 Å². The van der Waals surface area contributed by atoms with E-state index in [9.17, 15) is 13.2 Å². The maximum absolute atomic E-state index is 12.4. The highest BCUT2D eigenvalue weighted by atomic mass is 32.2. The number of rotatable bonds is 5. The molecule has 0 bridgehead atoms. The molecular weight excluding hydrogens is 302 g/mol. The molecule has 1 aromatic carbocycles. The van der Waals surface area contributed by atoms with Gasteiger partial charge >= 0.3 is 10.2 Å². The highest BCUT2D eigenvalue weighted by Gasteiger charge is 2.24. The van der Waals surface area contributed by atoms with Crippen molar-refractivity contribution in [1.29, 1.82) is 0 Å². The van der Waals surface area contributed by atoms with E-state index in [0.717, 1.165) is 4.31 Å². The van der Waals surface area contributed by atoms with Crippen molar-refractivity contribution in [2.24, 2.45) is 0 Å². The van der Waals surface area contributed by atoms with Gasteiger partial charge in [0.25, 0.3) is 5.91 Å². The largest absolute Gasteiger partial charge is 0.323 e. The number of aromatic nitrogens is 1. The molecule has 118 valence electrons. The highest BCUT2D eigenvalue weighted by molar-refractivity contribution is 7.87. The van der Waals surface area contributed by atoms with E-state index in [1.165, 1.54) is 7.05 Å². The number of hydrogen-bond donors (Lipinski definition) is 1. The van der Waals surface area contributed by atoms with Crippen LogP contribution < -0.4 is 4.72 Å². The van der Waals surface area contributed by atoms with Gasteiger partial charge in [-0.2, -0.15) is 12.7 Å². The third-order valence-electron chi connectivity index (χ3n) is 3.36. The summed E-state index contributed by atoms with van der Waals surface area (Å²) in [6.45, 7) is 3.47. The Bertz CT molecular complexity index is 752. The fraction of sp³-hybridized carbons (Fsp3) is 0.267. The Morgan fingerprint density at radius 1 is 1.14 bits per heavy atom. The second kappa shape index (κ2) is 6.33. The summed E-state index contributed by atoms with van der Waals surface area (Å²) >= 11 is 0. The molecule has 0 atom stereocenters. The summed E-state index contributed by atoms with van der Waals surface area (Å²) < 4.78 is 29.3. The lowest BCUT2D eigenvalue weighted by Gasteiger charge is -2.21. The maximum atomic E-state index is 12.4. The Kier molecular flexibility index (Phi) is 4.68. The summed E-state index contributed by atoms with van der Waals surface area (Å²) in [5, 5.41) is 0. The first kappa shape index (κ1) is 16.3. The average Bonchev–Trinajstić information content (AvgIpc) is 2.99. The molecule has 7 heteroatoms. The predicted molar refractivity (Wildman–Crippen MR) is 85.1 cm³/mol. The Hall–Kier alpha value is -2.12. The zero-order chi connectivity index (χ0) is 16.3. The van der Waals surface area contributed by atoms with Gasteiger partial charge in [-0.3, -0.25) is 4.79 Å². The molecule has 0 aliphatic heterocycles. The maximum Gasteiger partial charge on any atom is 0.304 e. The number of para-hydroxylation sites is 1. The van der Waals surface area contributed by atoms with E-state index in [4.69, 9.17) is 0 Å². The van der Waals surface area contributed by atoms with Crippen LogP contribution in [0, 0.1) is 0 Å². The van der Waals surface area contributed by atoms with Gasteiger partial charge in [0.2, 0.25) is 0 Å². The van der Waals surface area contributed by atoms with Crippen LogP contribution in [0.5, 0.6) is 0 Å². The lowest BCUT2D eigenvalue weighted by atomic mass is 10.1. The van der Waals surface area contributed by atoms with E-state index in [0.29, 0.717) is 11.3 Å². The molecule has 1 amide bonds. The molecule has 2 aromatic rings. The minimum atomic E-state index is -3.87. The molecule has 0 saturated carbocycles. The molecule has 0 spiro atoms. The minimum absolute atomic E-state index is 0.245. The van der Waals surface area contributed by atoms with Crippen LogP contribution in [0.4, 0.5) is 0 Å². The van der Waals surface area contributed by atoms with Gasteiger partial charge in [-0.15, -0.1) is 0 Å². The molecule has 0 fully saturated rings. The molecular formula is C15H19N3O3S. The van der Waals surface area contributed by atoms with Crippen molar-refractivity contribution in [3.05, 3.63) is 54.4 Å². The number of hydrogen-bond acceptors (Lipinski definition) is 3. The first-order valence-electron chi connectivity index (χ1n) is 6.85. The van der Waals surface area contributed by atoms with Gasteiger partial charge in [0, 0.05) is 25.5 Å². The lowest BCUT2D eigenvalue weighted by Crippen LogP contribution is -2.44. The molecule has 0 radical (unpaired) electrons. The first-order chi connectivity index (χ1) is 10.3. The molecule has 0 aliphatic carbocycles. The minimum Gasteiger partial charge on any atom is -0.323 e. The Morgan fingerprint density at radius 3 is 2.32 bits per heavy atom. The van der Waals surface area contributed by atoms with Crippen LogP contribution in [0.1, 0.15) is 24.2 Å². The van der Waals surface area contributed by atoms with Crippen LogP contribution in [0.15, 0.2) is 48.8 Å². The Labute approximate surface area is 130 Å². The van der Waals surface area contributed by atoms with Gasteiger partial charge in [0.05, 0.1) is 11.3 Å². The van der Waals surface area contributed by atoms with Crippen LogP contribution in [-0.4, -0.2) is 36.3 Å². The molecule has 1 heterocycles. The van der Waals surface area contributed by atoms with E-state index in [-0.39, 0.29) is 6.04 Å². The Morgan fingerprint density at radius 2 is 1.73 bits per heavy atom. The van der Waals surface area contributed by atoms with E-state index in [1.54, 1.807) is 55.1 Å². The normalized spacial score (nSPS) is 11.9. The predicted octanol–water partition coefficient (Wildman–Crippen LogP) is 1.79. The van der Waals surface area contributed by atoms with Gasteiger partial charge in [0.15, 0.2) is 0 Å². The van der Waals surface area contributed by atoms with Crippen molar-refractivity contribution in [2.75, 3.05) is 7.05 Å². The molecule has 2 rings (SSSR count). The number of nitrogens with one attached hydrogen (secondary N) is 1. The van der Waals surface area contributed by atoms with Gasteiger partial charge < -0.3 is 4.57 Å². The topological polar surface area (TPSA) is 71.4 Å². The van der Waals surface area contributed by atoms with Gasteiger partial charge in [-0.05, 0) is 38.1 Å². The highest BCUT2D eigenvalue weighted by Crippen LogP contribution is 2.15. The molecule has 22 heavy (non-hydrogen) atoms. The summed E-state index contributed by atoms with van der Waals surface area (Å²) in [4.78, 5) is 12.4. The van der Waals surface area contributed by atoms with E-state index >= 15 is 0 Å². The van der Waals surface area contributed by atoms with Crippen molar-refractivity contribution in [2.45, 2.75) is 19.9 Å². The Balaban J connectivity index is 2.32. The SMILES string of the molecule is CC(C)N(C)S(=O)(=O)NC(=O)c1ccccc1-n1cccc1. The van der Waals surface area contributed by atoms with Crippen LogP contribution in [0.2, 0.25) is 0 Å². The quantitative estimate of drug-likeness (QED) is 0.912. The molecule has 6 nitrogen and oxygen atoms in total. The summed E-state index contributed by atoms with van der Waals surface area (Å²) in [6.07, 6.45) is 3.59. The van der Waals surface area contributed by atoms with Crippen LogP contribution in [-0.2, 0) is 10.2 Å². The molecule has 0 saturated heterocycles. The van der Waals surface area contributed by atoms with E-state index in [2.05, 4.69) is 4.72 Å². The standard InChI is InChI=1S/C15H19N3O3S/c1-12(2)17(3)22(20,21)16-15(19)13-8-4-5-9-14(13)18-10-6-7-11-18/h4-12H,1-3H3,(H,16,19). The van der Waals surface area contributed by atoms with Crippen LogP contribution >= 0.6 is 0 Å². The second-order valence-corrected chi connectivity index (χ2v) is 6.88. The monoisotopic (exact) mass is 321 g/mol. The van der Waals surface area contributed by atoms with Crippen molar-refractivity contribution in [1.82, 2.24) is 13.6 Å². The molecule has 0 aliphatic rings. The van der Waals surface area contributed by atoms with E-state index < -0.39 is 16.1 Å². The van der Waals surface area contributed by atoms with E-state index in [1.807, 2.05) is 12.1 Å². The van der Waals surface area contributed by atoms with Gasteiger partial charge in [-0.25, -0.2) is 4.72 Å². The number of amides is 1. The number of carbonyl (C=O) groups is 1. The fourth-order valence-corrected chi connectivity index (χ4v) is 2.95. The van der Waals surface area contributed by atoms with Crippen molar-refractivity contribution in [3.8, 4) is 5.69 Å². The summed E-state index contributed by atoms with van der Waals surface area (Å²) in [5.74, 6) is -0.656. The zero-order valence-electron chi connectivity index (χ0n) is 12.7. The molecule has 0 unspecified atom stereocenters. The fourth-order valence-electron chi connectivity index (χ4n) is 1.91. The number of benzene rings is 1. The van der Waals surface area contributed by atoms with Crippen LogP contribution in [0.25, 0.3) is 5.69 Å². The third-order valence-corrected chi connectivity index (χ3v) is 4.98. The second-order valence-electron chi connectivity index (χ2n) is 5.15. The molecule has 1 aromatic heterocycles. The van der Waals surface area contributed by atoms with Gasteiger partial charge in [-0.1, -0.05) is 12.1 Å². The van der Waals surface area contributed by atoms with Crippen molar-refractivity contribution >= 4 is 16.1 Å². The first-order valence-corrected chi connectivity index (χ1v) is 8.29. The summed E-state index contributed by atoms with van der Waals surface area (Å²) in [6, 6.07) is 10.3. The third kappa shape index (κ3) is 3.37. The number of nitrogens with zero attached hydrogens (tertiary/aromatic N) is 2. The van der Waals surface area contributed by atoms with Gasteiger partial charge in [0.1, 0.15) is 0 Å². The smallest absolute Gasteiger partial charge is 0.304 e. The zero-order valence-corrected chi connectivity index (χ0v) is 13.5. The van der Waals surface area contributed by atoms with Crippen molar-refractivity contribution < 1.29 is 13.2 Å². The summed E-state index contributed by atoms with van der Waals surface area (Å²) in [7, 11) is -2.44. The average molecular weight is 321 g/mol.